The van der Waals surface area contributed by atoms with E-state index in [4.69, 9.17) is 15.2 Å². The molecule has 0 saturated heterocycles. The van der Waals surface area contributed by atoms with E-state index in [0.29, 0.717) is 11.3 Å². The van der Waals surface area contributed by atoms with Gasteiger partial charge in [0.1, 0.15) is 5.75 Å². The summed E-state index contributed by atoms with van der Waals surface area (Å²) in [5.41, 5.74) is 8.95. The SMILES string of the molecule is CCOC(=O)N[C@@H](CC(=O)N/N=C\c1ccc(OCC(N)=O)cc1)c1ccccc1. The number of primary amides is 1. The third kappa shape index (κ3) is 8.01. The van der Waals surface area contributed by atoms with Crippen LogP contribution in [-0.2, 0) is 14.3 Å². The van der Waals surface area contributed by atoms with Gasteiger partial charge < -0.3 is 20.5 Å². The van der Waals surface area contributed by atoms with Crippen LogP contribution in [0.3, 0.4) is 0 Å². The van der Waals surface area contributed by atoms with Crippen LogP contribution in [0.2, 0.25) is 0 Å². The number of hydrazone groups is 1. The first-order valence-electron chi connectivity index (χ1n) is 9.29. The standard InChI is InChI=1S/C21H24N4O5/c1-2-29-21(28)24-18(16-6-4-3-5-7-16)12-20(27)25-23-13-15-8-10-17(11-9-15)30-14-19(22)26/h3-11,13,18H,2,12,14H2,1H3,(H2,22,26)(H,24,28)(H,25,27)/b23-13-/t18-/m0/s1. The van der Waals surface area contributed by atoms with Crippen LogP contribution in [0.15, 0.2) is 59.7 Å². The minimum atomic E-state index is -0.596. The summed E-state index contributed by atoms with van der Waals surface area (Å²) < 4.78 is 10.1. The molecular weight excluding hydrogens is 388 g/mol. The molecule has 0 unspecified atom stereocenters. The Morgan fingerprint density at radius 3 is 2.43 bits per heavy atom. The zero-order valence-corrected chi connectivity index (χ0v) is 16.5. The van der Waals surface area contributed by atoms with E-state index < -0.39 is 18.0 Å². The van der Waals surface area contributed by atoms with Crippen LogP contribution in [0.4, 0.5) is 4.79 Å². The van der Waals surface area contributed by atoms with Gasteiger partial charge in [0.05, 0.1) is 25.3 Å². The Bertz CT molecular complexity index is 869. The highest BCUT2D eigenvalue weighted by molar-refractivity contribution is 5.83. The van der Waals surface area contributed by atoms with Crippen molar-refractivity contribution >= 4 is 24.1 Å². The molecule has 0 spiro atoms. The lowest BCUT2D eigenvalue weighted by molar-refractivity contribution is -0.121. The minimum absolute atomic E-state index is 0.0138. The van der Waals surface area contributed by atoms with Crippen molar-refractivity contribution in [3.63, 3.8) is 0 Å². The van der Waals surface area contributed by atoms with Gasteiger partial charge in [-0.3, -0.25) is 9.59 Å². The van der Waals surface area contributed by atoms with E-state index in [-0.39, 0.29) is 25.5 Å². The highest BCUT2D eigenvalue weighted by atomic mass is 16.5. The summed E-state index contributed by atoms with van der Waals surface area (Å²) in [7, 11) is 0. The van der Waals surface area contributed by atoms with Crippen molar-refractivity contribution in [2.75, 3.05) is 13.2 Å². The maximum atomic E-state index is 12.3. The molecule has 0 fully saturated rings. The molecule has 0 saturated carbocycles. The zero-order chi connectivity index (χ0) is 21.8. The van der Waals surface area contributed by atoms with Crippen LogP contribution < -0.4 is 21.2 Å². The van der Waals surface area contributed by atoms with Gasteiger partial charge in [-0.1, -0.05) is 30.3 Å². The van der Waals surface area contributed by atoms with Gasteiger partial charge in [-0.2, -0.15) is 5.10 Å². The van der Waals surface area contributed by atoms with Crippen molar-refractivity contribution in [2.45, 2.75) is 19.4 Å². The van der Waals surface area contributed by atoms with Crippen molar-refractivity contribution in [2.24, 2.45) is 10.8 Å². The summed E-state index contributed by atoms with van der Waals surface area (Å²) in [5, 5.41) is 6.60. The smallest absolute Gasteiger partial charge is 0.407 e. The highest BCUT2D eigenvalue weighted by Gasteiger charge is 2.18. The first-order chi connectivity index (χ1) is 14.5. The quantitative estimate of drug-likeness (QED) is 0.405. The molecule has 1 atom stereocenters. The number of carbonyl (C=O) groups excluding carboxylic acids is 3. The molecule has 0 aliphatic rings. The summed E-state index contributed by atoms with van der Waals surface area (Å²) >= 11 is 0. The molecule has 3 amide bonds. The van der Waals surface area contributed by atoms with Gasteiger partial charge in [0, 0.05) is 0 Å². The first-order valence-corrected chi connectivity index (χ1v) is 9.29. The van der Waals surface area contributed by atoms with Crippen LogP contribution in [0.25, 0.3) is 0 Å². The van der Waals surface area contributed by atoms with E-state index in [1.54, 1.807) is 31.2 Å². The average Bonchev–Trinajstić information content (AvgIpc) is 2.73. The topological polar surface area (TPSA) is 132 Å². The number of nitrogens with one attached hydrogen (secondary N) is 2. The predicted molar refractivity (Wildman–Crippen MR) is 111 cm³/mol. The van der Waals surface area contributed by atoms with Gasteiger partial charge >= 0.3 is 6.09 Å². The van der Waals surface area contributed by atoms with Gasteiger partial charge in [-0.15, -0.1) is 0 Å². The van der Waals surface area contributed by atoms with Gasteiger partial charge in [-0.25, -0.2) is 10.2 Å². The fraction of sp³-hybridized carbons (Fsp3) is 0.238. The van der Waals surface area contributed by atoms with Gasteiger partial charge in [-0.05, 0) is 42.3 Å². The van der Waals surface area contributed by atoms with E-state index in [9.17, 15) is 14.4 Å². The number of carbonyl (C=O) groups is 3. The van der Waals surface area contributed by atoms with Crippen LogP contribution in [0, 0.1) is 0 Å². The molecule has 0 bridgehead atoms. The second-order valence-electron chi connectivity index (χ2n) is 6.15. The summed E-state index contributed by atoms with van der Waals surface area (Å²) in [5.74, 6) is -0.446. The van der Waals surface area contributed by atoms with Crippen LogP contribution in [0.5, 0.6) is 5.75 Å². The number of amides is 3. The average molecular weight is 412 g/mol. The monoisotopic (exact) mass is 412 g/mol. The molecule has 0 radical (unpaired) electrons. The zero-order valence-electron chi connectivity index (χ0n) is 16.5. The van der Waals surface area contributed by atoms with Gasteiger partial charge in [0.2, 0.25) is 5.91 Å². The summed E-state index contributed by atoms with van der Waals surface area (Å²) in [4.78, 5) is 34.8. The Labute approximate surface area is 174 Å². The molecule has 158 valence electrons. The maximum absolute atomic E-state index is 12.3. The predicted octanol–water partition coefficient (Wildman–Crippen LogP) is 1.88. The van der Waals surface area contributed by atoms with Gasteiger partial charge in [0.15, 0.2) is 6.61 Å². The number of ether oxygens (including phenoxy) is 2. The Balaban J connectivity index is 1.91. The Kier molecular flexibility index (Phi) is 8.85. The van der Waals surface area contributed by atoms with Crippen molar-refractivity contribution < 1.29 is 23.9 Å². The Hall–Kier alpha value is -3.88. The lowest BCUT2D eigenvalue weighted by Gasteiger charge is -2.18. The molecule has 2 aromatic rings. The van der Waals surface area contributed by atoms with E-state index in [0.717, 1.165) is 5.56 Å². The summed E-state index contributed by atoms with van der Waals surface area (Å²) in [6, 6.07) is 15.3. The van der Waals surface area contributed by atoms with Crippen LogP contribution in [0.1, 0.15) is 30.5 Å². The molecule has 0 aliphatic heterocycles. The van der Waals surface area contributed by atoms with E-state index in [1.807, 2.05) is 30.3 Å². The number of hydrogen-bond donors (Lipinski definition) is 3. The lowest BCUT2D eigenvalue weighted by Crippen LogP contribution is -2.33. The second-order valence-corrected chi connectivity index (χ2v) is 6.15. The van der Waals surface area contributed by atoms with Crippen molar-refractivity contribution in [3.8, 4) is 5.75 Å². The summed E-state index contributed by atoms with van der Waals surface area (Å²) in [6.07, 6.45) is 0.855. The molecule has 4 N–H and O–H groups in total. The number of benzene rings is 2. The molecule has 0 aliphatic carbocycles. The third-order valence-electron chi connectivity index (χ3n) is 3.82. The molecular formula is C21H24N4O5. The maximum Gasteiger partial charge on any atom is 0.407 e. The third-order valence-corrected chi connectivity index (χ3v) is 3.82. The molecule has 9 nitrogen and oxygen atoms in total. The fourth-order valence-electron chi connectivity index (χ4n) is 2.47. The molecule has 2 aromatic carbocycles. The summed E-state index contributed by atoms with van der Waals surface area (Å²) in [6.45, 7) is 1.73. The molecule has 0 heterocycles. The minimum Gasteiger partial charge on any atom is -0.484 e. The van der Waals surface area contributed by atoms with Crippen LogP contribution in [-0.4, -0.2) is 37.3 Å². The fourth-order valence-corrected chi connectivity index (χ4v) is 2.47. The number of nitrogens with two attached hydrogens (primary N) is 1. The van der Waals surface area contributed by atoms with Crippen LogP contribution >= 0.6 is 0 Å². The first kappa shape index (κ1) is 22.4. The lowest BCUT2D eigenvalue weighted by atomic mass is 10.0. The normalized spacial score (nSPS) is 11.5. The van der Waals surface area contributed by atoms with E-state index >= 15 is 0 Å². The molecule has 0 aromatic heterocycles. The largest absolute Gasteiger partial charge is 0.484 e. The number of alkyl carbamates (subject to hydrolysis) is 1. The number of hydrogen-bond acceptors (Lipinski definition) is 6. The van der Waals surface area contributed by atoms with E-state index in [1.165, 1.54) is 6.21 Å². The molecule has 9 heteroatoms. The highest BCUT2D eigenvalue weighted by Crippen LogP contribution is 2.17. The van der Waals surface area contributed by atoms with Crippen molar-refractivity contribution in [1.29, 1.82) is 0 Å². The van der Waals surface area contributed by atoms with Crippen molar-refractivity contribution in [1.82, 2.24) is 10.7 Å². The number of rotatable bonds is 10. The number of nitrogens with zero attached hydrogens (tertiary/aromatic N) is 1. The second kappa shape index (κ2) is 11.8. The van der Waals surface area contributed by atoms with Gasteiger partial charge in [0.25, 0.3) is 5.91 Å². The Morgan fingerprint density at radius 2 is 1.80 bits per heavy atom. The molecule has 2 rings (SSSR count). The Morgan fingerprint density at radius 1 is 1.10 bits per heavy atom. The van der Waals surface area contributed by atoms with Crippen molar-refractivity contribution in [3.05, 3.63) is 65.7 Å². The molecule has 30 heavy (non-hydrogen) atoms. The van der Waals surface area contributed by atoms with E-state index in [2.05, 4.69) is 15.8 Å².